The first-order valence-corrected chi connectivity index (χ1v) is 9.40. The van der Waals surface area contributed by atoms with E-state index in [2.05, 4.69) is 10.2 Å². The Morgan fingerprint density at radius 2 is 1.93 bits per heavy atom. The minimum absolute atomic E-state index is 0.159. The number of carbonyl (C=O) groups excluding carboxylic acids is 1. The summed E-state index contributed by atoms with van der Waals surface area (Å²) in [4.78, 5) is 14.5. The number of benzene rings is 2. The van der Waals surface area contributed by atoms with E-state index >= 15 is 4.39 Å². The Bertz CT molecular complexity index is 791. The molecule has 0 heterocycles. The molecule has 1 aliphatic carbocycles. The van der Waals surface area contributed by atoms with Gasteiger partial charge in [-0.15, -0.1) is 0 Å². The maximum Gasteiger partial charge on any atom is 0.222 e. The van der Waals surface area contributed by atoms with E-state index in [-0.39, 0.29) is 24.1 Å². The zero-order chi connectivity index (χ0) is 19.4. The van der Waals surface area contributed by atoms with Crippen molar-refractivity contribution in [1.82, 2.24) is 10.2 Å². The minimum Gasteiger partial charge on any atom is -0.508 e. The second-order valence-electron chi connectivity index (χ2n) is 7.53. The maximum absolute atomic E-state index is 15.3. The highest BCUT2D eigenvalue weighted by Gasteiger charge is 2.39. The normalized spacial score (nSPS) is 19.7. The van der Waals surface area contributed by atoms with Crippen LogP contribution in [0, 0.1) is 0 Å². The molecule has 2 atom stereocenters. The first kappa shape index (κ1) is 19.4. The molecule has 0 aliphatic heterocycles. The van der Waals surface area contributed by atoms with Gasteiger partial charge in [0.25, 0.3) is 0 Å². The molecule has 2 aromatic rings. The van der Waals surface area contributed by atoms with Crippen molar-refractivity contribution in [2.24, 2.45) is 0 Å². The molecule has 4 nitrogen and oxygen atoms in total. The van der Waals surface area contributed by atoms with Gasteiger partial charge in [0.15, 0.2) is 0 Å². The van der Waals surface area contributed by atoms with Crippen LogP contribution in [-0.4, -0.2) is 36.1 Å². The van der Waals surface area contributed by atoms with Crippen LogP contribution in [0.4, 0.5) is 4.39 Å². The molecule has 1 unspecified atom stereocenters. The van der Waals surface area contributed by atoms with Crippen molar-refractivity contribution in [1.29, 1.82) is 0 Å². The SMILES string of the molecule is CN(C)[C@H](CCC(=O)NC1(F)CCc2ccccc21)Cc1ccc(O)cc1. The van der Waals surface area contributed by atoms with Gasteiger partial charge in [0, 0.05) is 24.4 Å². The van der Waals surface area contributed by atoms with Gasteiger partial charge in [-0.1, -0.05) is 36.4 Å². The first-order chi connectivity index (χ1) is 12.9. The molecule has 0 saturated heterocycles. The van der Waals surface area contributed by atoms with E-state index in [1.165, 1.54) is 0 Å². The lowest BCUT2D eigenvalue weighted by Gasteiger charge is -2.26. The van der Waals surface area contributed by atoms with E-state index in [1.807, 2.05) is 44.4 Å². The molecule has 144 valence electrons. The van der Waals surface area contributed by atoms with Gasteiger partial charge in [0.05, 0.1) is 0 Å². The van der Waals surface area contributed by atoms with Crippen molar-refractivity contribution in [3.05, 3.63) is 65.2 Å². The van der Waals surface area contributed by atoms with Crippen molar-refractivity contribution < 1.29 is 14.3 Å². The lowest BCUT2D eigenvalue weighted by Crippen LogP contribution is -2.41. The zero-order valence-electron chi connectivity index (χ0n) is 15.9. The number of fused-ring (bicyclic) bond motifs is 1. The molecule has 5 heteroatoms. The van der Waals surface area contributed by atoms with Gasteiger partial charge >= 0.3 is 0 Å². The number of phenolic OH excluding ortho intramolecular Hbond substituents is 1. The Kier molecular flexibility index (Phi) is 5.80. The summed E-state index contributed by atoms with van der Waals surface area (Å²) in [6.07, 6.45) is 2.62. The monoisotopic (exact) mass is 370 g/mol. The number of alkyl halides is 1. The summed E-state index contributed by atoms with van der Waals surface area (Å²) >= 11 is 0. The second-order valence-corrected chi connectivity index (χ2v) is 7.53. The summed E-state index contributed by atoms with van der Waals surface area (Å²) < 4.78 is 15.3. The lowest BCUT2D eigenvalue weighted by molar-refractivity contribution is -0.126. The number of hydrogen-bond acceptors (Lipinski definition) is 3. The summed E-state index contributed by atoms with van der Waals surface area (Å²) in [6.45, 7) is 0. The average molecular weight is 370 g/mol. The molecule has 0 spiro atoms. The predicted octanol–water partition coefficient (Wildman–Crippen LogP) is 3.53. The Hall–Kier alpha value is -2.40. The van der Waals surface area contributed by atoms with E-state index in [1.54, 1.807) is 18.2 Å². The highest BCUT2D eigenvalue weighted by molar-refractivity contribution is 5.77. The smallest absolute Gasteiger partial charge is 0.222 e. The van der Waals surface area contributed by atoms with Crippen molar-refractivity contribution >= 4 is 5.91 Å². The second kappa shape index (κ2) is 8.09. The van der Waals surface area contributed by atoms with Crippen LogP contribution in [0.1, 0.15) is 36.0 Å². The molecule has 0 radical (unpaired) electrons. The van der Waals surface area contributed by atoms with E-state index in [0.29, 0.717) is 24.8 Å². The molecule has 0 bridgehead atoms. The van der Waals surface area contributed by atoms with E-state index in [9.17, 15) is 9.90 Å². The molecule has 2 N–H and O–H groups in total. The molecule has 0 fully saturated rings. The van der Waals surface area contributed by atoms with Gasteiger partial charge < -0.3 is 15.3 Å². The van der Waals surface area contributed by atoms with Crippen LogP contribution in [0.15, 0.2) is 48.5 Å². The molecular weight excluding hydrogens is 343 g/mol. The van der Waals surface area contributed by atoms with Crippen LogP contribution in [0.3, 0.4) is 0 Å². The Balaban J connectivity index is 1.57. The molecule has 3 rings (SSSR count). The Morgan fingerprint density at radius 1 is 1.22 bits per heavy atom. The highest BCUT2D eigenvalue weighted by atomic mass is 19.1. The maximum atomic E-state index is 15.3. The predicted molar refractivity (Wildman–Crippen MR) is 104 cm³/mol. The van der Waals surface area contributed by atoms with E-state index < -0.39 is 5.79 Å². The van der Waals surface area contributed by atoms with Gasteiger partial charge in [0.1, 0.15) is 5.75 Å². The molecule has 0 aromatic heterocycles. The van der Waals surface area contributed by atoms with Crippen LogP contribution >= 0.6 is 0 Å². The van der Waals surface area contributed by atoms with Crippen molar-refractivity contribution in [2.75, 3.05) is 14.1 Å². The quantitative estimate of drug-likeness (QED) is 0.733. The third-order valence-electron chi connectivity index (χ3n) is 5.36. The Labute approximate surface area is 160 Å². The highest BCUT2D eigenvalue weighted by Crippen LogP contribution is 2.38. The summed E-state index contributed by atoms with van der Waals surface area (Å²) in [5, 5.41) is 12.0. The summed E-state index contributed by atoms with van der Waals surface area (Å²) in [5.41, 5.74) is 2.66. The Morgan fingerprint density at radius 3 is 2.63 bits per heavy atom. The number of carbonyl (C=O) groups is 1. The topological polar surface area (TPSA) is 52.6 Å². The molecule has 0 saturated carbocycles. The summed E-state index contributed by atoms with van der Waals surface area (Å²) in [7, 11) is 3.96. The van der Waals surface area contributed by atoms with Crippen LogP contribution in [0.25, 0.3) is 0 Å². The zero-order valence-corrected chi connectivity index (χ0v) is 15.9. The number of nitrogens with one attached hydrogen (secondary N) is 1. The lowest BCUT2D eigenvalue weighted by atomic mass is 10.00. The van der Waals surface area contributed by atoms with Crippen molar-refractivity contribution in [3.63, 3.8) is 0 Å². The molecule has 1 aliphatic rings. The van der Waals surface area contributed by atoms with Gasteiger partial charge in [0.2, 0.25) is 11.7 Å². The third-order valence-corrected chi connectivity index (χ3v) is 5.36. The number of rotatable bonds is 7. The van der Waals surface area contributed by atoms with E-state index in [4.69, 9.17) is 0 Å². The van der Waals surface area contributed by atoms with Gasteiger partial charge in [-0.05, 0) is 56.6 Å². The van der Waals surface area contributed by atoms with Crippen LogP contribution in [-0.2, 0) is 23.4 Å². The fourth-order valence-electron chi connectivity index (χ4n) is 3.72. The molecule has 2 aromatic carbocycles. The standard InChI is InChI=1S/C22H27FN2O2/c1-25(2)18(15-16-7-10-19(26)11-8-16)9-12-21(27)24-22(23)14-13-17-5-3-4-6-20(17)22/h3-8,10-11,18,26H,9,12-15H2,1-2H3,(H,24,27)/t18-,22?/m1/s1. The van der Waals surface area contributed by atoms with Crippen molar-refractivity contribution in [3.8, 4) is 5.75 Å². The molecule has 1 amide bonds. The number of nitrogens with zero attached hydrogens (tertiary/aromatic N) is 1. The number of aromatic hydroxyl groups is 1. The molecular formula is C22H27FN2O2. The average Bonchev–Trinajstić information content (AvgIpc) is 2.97. The number of aryl methyl sites for hydroxylation is 1. The third kappa shape index (κ3) is 4.66. The fraction of sp³-hybridized carbons (Fsp3) is 0.409. The van der Waals surface area contributed by atoms with Crippen LogP contribution in [0.2, 0.25) is 0 Å². The number of likely N-dealkylation sites (N-methyl/N-ethyl adjacent to an activating group) is 1. The first-order valence-electron chi connectivity index (χ1n) is 9.40. The summed E-state index contributed by atoms with van der Waals surface area (Å²) in [6, 6.07) is 14.7. The molecule has 27 heavy (non-hydrogen) atoms. The van der Waals surface area contributed by atoms with Crippen LogP contribution < -0.4 is 5.32 Å². The number of amides is 1. The van der Waals surface area contributed by atoms with Gasteiger partial charge in [-0.2, -0.15) is 0 Å². The van der Waals surface area contributed by atoms with Gasteiger partial charge in [-0.25, -0.2) is 4.39 Å². The number of phenols is 1. The van der Waals surface area contributed by atoms with E-state index in [0.717, 1.165) is 17.5 Å². The number of halogens is 1. The fourth-order valence-corrected chi connectivity index (χ4v) is 3.72. The minimum atomic E-state index is -1.75. The largest absolute Gasteiger partial charge is 0.508 e. The van der Waals surface area contributed by atoms with Crippen LogP contribution in [0.5, 0.6) is 5.75 Å². The van der Waals surface area contributed by atoms with Crippen molar-refractivity contribution in [2.45, 2.75) is 43.9 Å². The number of hydrogen-bond donors (Lipinski definition) is 2. The summed E-state index contributed by atoms with van der Waals surface area (Å²) in [5.74, 6) is -1.77. The van der Waals surface area contributed by atoms with Gasteiger partial charge in [-0.3, -0.25) is 4.79 Å².